The van der Waals surface area contributed by atoms with Crippen LogP contribution < -0.4 is 0 Å². The van der Waals surface area contributed by atoms with Crippen LogP contribution in [0.15, 0.2) is 18.2 Å². The summed E-state index contributed by atoms with van der Waals surface area (Å²) in [6.45, 7) is 1.88. The average Bonchev–Trinajstić information content (AvgIpc) is 2.04. The molecule has 0 aromatic heterocycles. The van der Waals surface area contributed by atoms with Gasteiger partial charge in [-0.15, -0.1) is 0 Å². The van der Waals surface area contributed by atoms with Gasteiger partial charge in [0, 0.05) is 5.56 Å². The van der Waals surface area contributed by atoms with Gasteiger partial charge in [-0.2, -0.15) is 5.26 Å². The smallest absolute Gasteiger partial charge is 0.151 e. The highest BCUT2D eigenvalue weighted by Crippen LogP contribution is 2.07. The predicted molar refractivity (Wildman–Crippen MR) is 41.3 cm³/mol. The Morgan fingerprint density at radius 2 is 2.27 bits per heavy atom. The van der Waals surface area contributed by atoms with E-state index in [0.29, 0.717) is 17.4 Å². The van der Waals surface area contributed by atoms with Crippen LogP contribution in [0.1, 0.15) is 21.5 Å². The van der Waals surface area contributed by atoms with Crippen LogP contribution in [0.3, 0.4) is 0 Å². The molecule has 0 fully saturated rings. The summed E-state index contributed by atoms with van der Waals surface area (Å²) in [4.78, 5) is 10.4. The summed E-state index contributed by atoms with van der Waals surface area (Å²) < 4.78 is 0. The molecule has 0 aliphatic carbocycles. The normalized spacial score (nSPS) is 8.73. The Hall–Kier alpha value is -1.62. The molecule has 0 bridgehead atoms. The predicted octanol–water partition coefficient (Wildman–Crippen LogP) is 1.68. The van der Waals surface area contributed by atoms with Gasteiger partial charge in [-0.05, 0) is 19.1 Å². The topological polar surface area (TPSA) is 40.9 Å². The van der Waals surface area contributed by atoms with Gasteiger partial charge >= 0.3 is 0 Å². The molecule has 0 heterocycles. The summed E-state index contributed by atoms with van der Waals surface area (Å²) in [5.41, 5.74) is 1.89. The lowest BCUT2D eigenvalue weighted by atomic mass is 10.1. The summed E-state index contributed by atoms with van der Waals surface area (Å²) in [7, 11) is 0. The second-order valence-electron chi connectivity index (χ2n) is 2.32. The highest BCUT2D eigenvalue weighted by atomic mass is 16.1. The van der Waals surface area contributed by atoms with Gasteiger partial charge in [0.2, 0.25) is 0 Å². The van der Waals surface area contributed by atoms with E-state index in [0.717, 1.165) is 5.56 Å². The average molecular weight is 145 g/mol. The number of rotatable bonds is 1. The van der Waals surface area contributed by atoms with Gasteiger partial charge in [-0.25, -0.2) is 0 Å². The fourth-order valence-corrected chi connectivity index (χ4v) is 0.881. The van der Waals surface area contributed by atoms with E-state index in [4.69, 9.17) is 5.26 Å². The van der Waals surface area contributed by atoms with Crippen molar-refractivity contribution in [2.24, 2.45) is 0 Å². The van der Waals surface area contributed by atoms with Crippen molar-refractivity contribution in [1.29, 1.82) is 5.26 Å². The highest BCUT2D eigenvalue weighted by Gasteiger charge is 1.98. The van der Waals surface area contributed by atoms with Crippen molar-refractivity contribution in [2.75, 3.05) is 0 Å². The van der Waals surface area contributed by atoms with E-state index in [1.807, 2.05) is 19.1 Å². The van der Waals surface area contributed by atoms with E-state index in [1.54, 1.807) is 12.1 Å². The number of benzene rings is 1. The summed E-state index contributed by atoms with van der Waals surface area (Å²) in [6.07, 6.45) is 0.700. The molecule has 54 valence electrons. The zero-order chi connectivity index (χ0) is 8.27. The summed E-state index contributed by atoms with van der Waals surface area (Å²) >= 11 is 0. The van der Waals surface area contributed by atoms with E-state index in [-0.39, 0.29) is 0 Å². The van der Waals surface area contributed by atoms with Gasteiger partial charge in [0.25, 0.3) is 0 Å². The first-order valence-corrected chi connectivity index (χ1v) is 3.24. The molecule has 0 atom stereocenters. The third kappa shape index (κ3) is 1.44. The lowest BCUT2D eigenvalue weighted by Crippen LogP contribution is -1.87. The van der Waals surface area contributed by atoms with Crippen molar-refractivity contribution in [1.82, 2.24) is 0 Å². The Bertz CT molecular complexity index is 323. The first-order valence-electron chi connectivity index (χ1n) is 3.24. The molecule has 0 saturated heterocycles. The van der Waals surface area contributed by atoms with E-state index >= 15 is 0 Å². The second-order valence-corrected chi connectivity index (χ2v) is 2.32. The molecule has 0 saturated carbocycles. The molecule has 0 aliphatic rings. The molecule has 0 radical (unpaired) electrons. The third-order valence-electron chi connectivity index (χ3n) is 1.45. The van der Waals surface area contributed by atoms with Crippen molar-refractivity contribution in [3.63, 3.8) is 0 Å². The molecule has 0 spiro atoms. The van der Waals surface area contributed by atoms with Crippen LogP contribution in [0, 0.1) is 18.3 Å². The van der Waals surface area contributed by atoms with E-state index < -0.39 is 0 Å². The summed E-state index contributed by atoms with van der Waals surface area (Å²) in [6, 6.07) is 7.11. The van der Waals surface area contributed by atoms with Gasteiger partial charge in [0.05, 0.1) is 11.6 Å². The van der Waals surface area contributed by atoms with Crippen LogP contribution in [-0.4, -0.2) is 6.29 Å². The molecule has 0 aliphatic heterocycles. The maximum atomic E-state index is 10.4. The maximum Gasteiger partial charge on any atom is 0.151 e. The lowest BCUT2D eigenvalue weighted by molar-refractivity contribution is 0.112. The Balaban J connectivity index is 3.30. The van der Waals surface area contributed by atoms with Crippen molar-refractivity contribution in [3.05, 3.63) is 34.9 Å². The van der Waals surface area contributed by atoms with Gasteiger partial charge in [-0.1, -0.05) is 11.6 Å². The third-order valence-corrected chi connectivity index (χ3v) is 1.45. The number of aryl methyl sites for hydroxylation is 1. The molecular formula is C9H7NO. The van der Waals surface area contributed by atoms with Crippen molar-refractivity contribution in [2.45, 2.75) is 6.92 Å². The van der Waals surface area contributed by atoms with E-state index in [1.165, 1.54) is 0 Å². The molecular weight excluding hydrogens is 138 g/mol. The highest BCUT2D eigenvalue weighted by molar-refractivity contribution is 5.79. The fourth-order valence-electron chi connectivity index (χ4n) is 0.881. The zero-order valence-corrected chi connectivity index (χ0v) is 6.16. The number of carbonyl (C=O) groups excluding carboxylic acids is 1. The molecule has 2 heteroatoms. The lowest BCUT2D eigenvalue weighted by Gasteiger charge is -1.95. The maximum absolute atomic E-state index is 10.4. The number of hydrogen-bond donors (Lipinski definition) is 0. The standard InChI is InChI=1S/C9H7NO/c1-7-2-3-8(5-10)9(4-7)6-11/h2-4,6H,1H3. The van der Waals surface area contributed by atoms with E-state index in [9.17, 15) is 4.79 Å². The number of nitrogens with zero attached hydrogens (tertiary/aromatic N) is 1. The number of aldehydes is 1. The van der Waals surface area contributed by atoms with Crippen molar-refractivity contribution in [3.8, 4) is 6.07 Å². The van der Waals surface area contributed by atoms with Gasteiger partial charge in [-0.3, -0.25) is 4.79 Å². The Kier molecular flexibility index (Phi) is 2.03. The van der Waals surface area contributed by atoms with Gasteiger partial charge < -0.3 is 0 Å². The zero-order valence-electron chi connectivity index (χ0n) is 6.16. The molecule has 11 heavy (non-hydrogen) atoms. The van der Waals surface area contributed by atoms with Crippen molar-refractivity contribution >= 4 is 6.29 Å². The Morgan fingerprint density at radius 3 is 2.82 bits per heavy atom. The monoisotopic (exact) mass is 145 g/mol. The largest absolute Gasteiger partial charge is 0.298 e. The van der Waals surface area contributed by atoms with E-state index in [2.05, 4.69) is 0 Å². The quantitative estimate of drug-likeness (QED) is 0.564. The second kappa shape index (κ2) is 2.98. The van der Waals surface area contributed by atoms with Crippen molar-refractivity contribution < 1.29 is 4.79 Å². The molecule has 2 nitrogen and oxygen atoms in total. The minimum Gasteiger partial charge on any atom is -0.298 e. The van der Waals surface area contributed by atoms with Crippen LogP contribution >= 0.6 is 0 Å². The molecule has 0 N–H and O–H groups in total. The van der Waals surface area contributed by atoms with Gasteiger partial charge in [0.1, 0.15) is 0 Å². The minimum absolute atomic E-state index is 0.436. The van der Waals surface area contributed by atoms with Crippen LogP contribution in [0.2, 0.25) is 0 Å². The Labute approximate surface area is 65.1 Å². The first kappa shape index (κ1) is 7.49. The molecule has 1 aromatic rings. The minimum atomic E-state index is 0.436. The number of hydrogen-bond acceptors (Lipinski definition) is 2. The van der Waals surface area contributed by atoms with Crippen LogP contribution in [0.25, 0.3) is 0 Å². The van der Waals surface area contributed by atoms with Gasteiger partial charge in [0.15, 0.2) is 6.29 Å². The number of carbonyl (C=O) groups is 1. The van der Waals surface area contributed by atoms with Crippen LogP contribution in [0.4, 0.5) is 0 Å². The summed E-state index contributed by atoms with van der Waals surface area (Å²) in [5, 5.41) is 8.53. The number of nitriles is 1. The van der Waals surface area contributed by atoms with Crippen LogP contribution in [0.5, 0.6) is 0 Å². The fraction of sp³-hybridized carbons (Fsp3) is 0.111. The van der Waals surface area contributed by atoms with Crippen LogP contribution in [-0.2, 0) is 0 Å². The Morgan fingerprint density at radius 1 is 1.55 bits per heavy atom. The molecule has 0 unspecified atom stereocenters. The summed E-state index contributed by atoms with van der Waals surface area (Å²) in [5.74, 6) is 0. The first-order chi connectivity index (χ1) is 5.27. The molecule has 1 aromatic carbocycles. The SMILES string of the molecule is Cc1ccc(C#N)c(C=O)c1. The molecule has 0 amide bonds. The molecule has 1 rings (SSSR count).